The van der Waals surface area contributed by atoms with E-state index in [2.05, 4.69) is 15.3 Å². The number of aryl methyl sites for hydroxylation is 2. The predicted molar refractivity (Wildman–Crippen MR) is 83.8 cm³/mol. The number of rotatable bonds is 5. The smallest absolute Gasteiger partial charge is 0.148 e. The van der Waals surface area contributed by atoms with Gasteiger partial charge in [0, 0.05) is 43.0 Å². The fourth-order valence-corrected chi connectivity index (χ4v) is 1.89. The third-order valence-corrected chi connectivity index (χ3v) is 2.89. The van der Waals surface area contributed by atoms with E-state index in [-0.39, 0.29) is 0 Å². The van der Waals surface area contributed by atoms with Crippen LogP contribution in [0, 0.1) is 19.3 Å². The number of pyridine rings is 2. The van der Waals surface area contributed by atoms with Crippen LogP contribution in [0.1, 0.15) is 17.1 Å². The molecule has 5 nitrogen and oxygen atoms in total. The molecule has 2 rings (SSSR count). The molecule has 0 aromatic carbocycles. The second-order valence-electron chi connectivity index (χ2n) is 4.55. The van der Waals surface area contributed by atoms with Gasteiger partial charge in [0.25, 0.3) is 0 Å². The molecule has 0 atom stereocenters. The monoisotopic (exact) mass is 282 g/mol. The van der Waals surface area contributed by atoms with E-state index in [0.29, 0.717) is 22.8 Å². The van der Waals surface area contributed by atoms with Gasteiger partial charge >= 0.3 is 0 Å². The summed E-state index contributed by atoms with van der Waals surface area (Å²) in [5.74, 6) is 1.38. The Hall–Kier alpha value is -2.69. The van der Waals surface area contributed by atoms with Crippen LogP contribution in [0.2, 0.25) is 0 Å². The summed E-state index contributed by atoms with van der Waals surface area (Å²) in [5.41, 5.74) is 3.15. The Morgan fingerprint density at radius 3 is 2.76 bits per heavy atom. The van der Waals surface area contributed by atoms with Gasteiger partial charge in [-0.1, -0.05) is 0 Å². The van der Waals surface area contributed by atoms with E-state index in [9.17, 15) is 0 Å². The topological polar surface area (TPSA) is 70.9 Å². The van der Waals surface area contributed by atoms with Crippen LogP contribution in [0.4, 0.5) is 0 Å². The first kappa shape index (κ1) is 14.7. The standard InChI is InChI=1S/C16H18N4O/c1-11-4-5-16(12(2)20-11)21-14-6-7-19-15(8-14)13(9-17)10-18-3/h4-10,17-18H,1-3H3/b13-10+,17-9?. The van der Waals surface area contributed by atoms with E-state index in [1.807, 2.05) is 26.0 Å². The fourth-order valence-electron chi connectivity index (χ4n) is 1.89. The molecule has 108 valence electrons. The summed E-state index contributed by atoms with van der Waals surface area (Å²) in [6.07, 6.45) is 4.63. The number of nitrogens with one attached hydrogen (secondary N) is 2. The Kier molecular flexibility index (Phi) is 4.66. The van der Waals surface area contributed by atoms with Crippen LogP contribution in [-0.4, -0.2) is 23.2 Å². The highest BCUT2D eigenvalue weighted by molar-refractivity contribution is 6.07. The first-order chi connectivity index (χ1) is 10.1. The lowest BCUT2D eigenvalue weighted by Gasteiger charge is -2.09. The third-order valence-electron chi connectivity index (χ3n) is 2.89. The first-order valence-electron chi connectivity index (χ1n) is 6.60. The first-order valence-corrected chi connectivity index (χ1v) is 6.60. The van der Waals surface area contributed by atoms with Crippen LogP contribution < -0.4 is 10.1 Å². The molecule has 2 aromatic rings. The summed E-state index contributed by atoms with van der Waals surface area (Å²) < 4.78 is 5.85. The molecule has 0 fully saturated rings. The summed E-state index contributed by atoms with van der Waals surface area (Å²) in [7, 11) is 1.78. The molecule has 21 heavy (non-hydrogen) atoms. The van der Waals surface area contributed by atoms with Gasteiger partial charge in [0.1, 0.15) is 11.5 Å². The zero-order valence-corrected chi connectivity index (χ0v) is 12.3. The van der Waals surface area contributed by atoms with Crippen LogP contribution in [-0.2, 0) is 0 Å². The Morgan fingerprint density at radius 2 is 2.10 bits per heavy atom. The average Bonchev–Trinajstić information content (AvgIpc) is 2.48. The molecule has 0 unspecified atom stereocenters. The van der Waals surface area contributed by atoms with Gasteiger partial charge in [0.15, 0.2) is 0 Å². The van der Waals surface area contributed by atoms with Crippen molar-refractivity contribution in [1.82, 2.24) is 15.3 Å². The maximum atomic E-state index is 7.43. The normalized spacial score (nSPS) is 11.1. The van der Waals surface area contributed by atoms with Gasteiger partial charge < -0.3 is 15.5 Å². The van der Waals surface area contributed by atoms with Gasteiger partial charge in [0.05, 0.1) is 11.4 Å². The zero-order chi connectivity index (χ0) is 15.2. The molecule has 0 radical (unpaired) electrons. The van der Waals surface area contributed by atoms with Gasteiger partial charge in [-0.15, -0.1) is 0 Å². The molecule has 2 heterocycles. The quantitative estimate of drug-likeness (QED) is 0.827. The molecule has 2 N–H and O–H groups in total. The summed E-state index contributed by atoms with van der Waals surface area (Å²) in [6.45, 7) is 3.86. The largest absolute Gasteiger partial charge is 0.455 e. The van der Waals surface area contributed by atoms with E-state index in [0.717, 1.165) is 11.4 Å². The van der Waals surface area contributed by atoms with E-state index in [1.165, 1.54) is 6.21 Å². The summed E-state index contributed by atoms with van der Waals surface area (Å²) >= 11 is 0. The average molecular weight is 282 g/mol. The molecule has 0 aliphatic carbocycles. The Balaban J connectivity index is 2.29. The molecule has 0 aliphatic heterocycles. The number of ether oxygens (including phenoxy) is 1. The van der Waals surface area contributed by atoms with Gasteiger partial charge in [-0.25, -0.2) is 0 Å². The zero-order valence-electron chi connectivity index (χ0n) is 12.3. The lowest BCUT2D eigenvalue weighted by atomic mass is 10.2. The highest BCUT2D eigenvalue weighted by atomic mass is 16.5. The molecular weight excluding hydrogens is 264 g/mol. The predicted octanol–water partition coefficient (Wildman–Crippen LogP) is 3.10. The van der Waals surface area contributed by atoms with Crippen molar-refractivity contribution < 1.29 is 4.74 Å². The fraction of sp³-hybridized carbons (Fsp3) is 0.188. The Bertz CT molecular complexity index is 680. The number of aromatic nitrogens is 2. The minimum absolute atomic E-state index is 0.664. The molecule has 0 spiro atoms. The van der Waals surface area contributed by atoms with Crippen LogP contribution in [0.3, 0.4) is 0 Å². The molecule has 5 heteroatoms. The lowest BCUT2D eigenvalue weighted by Crippen LogP contribution is -1.99. The molecule has 0 saturated carbocycles. The maximum absolute atomic E-state index is 7.43. The van der Waals surface area contributed by atoms with E-state index >= 15 is 0 Å². The molecule has 0 saturated heterocycles. The third kappa shape index (κ3) is 3.66. The van der Waals surface area contributed by atoms with Crippen molar-refractivity contribution in [3.63, 3.8) is 0 Å². The second kappa shape index (κ2) is 6.65. The highest BCUT2D eigenvalue weighted by Gasteiger charge is 2.06. The lowest BCUT2D eigenvalue weighted by molar-refractivity contribution is 0.474. The van der Waals surface area contributed by atoms with Crippen LogP contribution in [0.5, 0.6) is 11.5 Å². The van der Waals surface area contributed by atoms with Crippen molar-refractivity contribution in [2.45, 2.75) is 13.8 Å². The number of hydrogen-bond acceptors (Lipinski definition) is 5. The van der Waals surface area contributed by atoms with Gasteiger partial charge in [-0.05, 0) is 32.0 Å². The second-order valence-corrected chi connectivity index (χ2v) is 4.55. The van der Waals surface area contributed by atoms with Gasteiger partial charge in [-0.3, -0.25) is 9.97 Å². The molecule has 0 bridgehead atoms. The Labute approximate surface area is 124 Å². The van der Waals surface area contributed by atoms with Gasteiger partial charge in [0.2, 0.25) is 0 Å². The van der Waals surface area contributed by atoms with Gasteiger partial charge in [-0.2, -0.15) is 0 Å². The summed E-state index contributed by atoms with van der Waals surface area (Å²) in [5, 5.41) is 10.3. The molecule has 2 aromatic heterocycles. The van der Waals surface area contributed by atoms with Crippen molar-refractivity contribution in [3.05, 3.63) is 53.7 Å². The van der Waals surface area contributed by atoms with Crippen molar-refractivity contribution >= 4 is 11.8 Å². The minimum Gasteiger partial charge on any atom is -0.455 e. The Morgan fingerprint density at radius 1 is 1.29 bits per heavy atom. The van der Waals surface area contributed by atoms with Crippen molar-refractivity contribution in [1.29, 1.82) is 5.41 Å². The number of allylic oxidation sites excluding steroid dienone is 1. The summed E-state index contributed by atoms with van der Waals surface area (Å²) in [6, 6.07) is 7.39. The van der Waals surface area contributed by atoms with Crippen molar-refractivity contribution in [3.8, 4) is 11.5 Å². The number of nitrogens with zero attached hydrogens (tertiary/aromatic N) is 2. The maximum Gasteiger partial charge on any atom is 0.148 e. The van der Waals surface area contributed by atoms with Crippen molar-refractivity contribution in [2.75, 3.05) is 7.05 Å². The number of hydrogen-bond donors (Lipinski definition) is 2. The SMILES string of the molecule is CN/C=C(\C=N)c1cc(Oc2ccc(C)nc2C)ccn1. The van der Waals surface area contributed by atoms with Crippen LogP contribution in [0.15, 0.2) is 36.7 Å². The van der Waals surface area contributed by atoms with Crippen LogP contribution in [0.25, 0.3) is 5.57 Å². The van der Waals surface area contributed by atoms with Crippen LogP contribution >= 0.6 is 0 Å². The van der Waals surface area contributed by atoms with E-state index in [4.69, 9.17) is 10.1 Å². The summed E-state index contributed by atoms with van der Waals surface area (Å²) in [4.78, 5) is 8.63. The van der Waals surface area contributed by atoms with E-state index in [1.54, 1.807) is 31.6 Å². The minimum atomic E-state index is 0.664. The van der Waals surface area contributed by atoms with Crippen molar-refractivity contribution in [2.24, 2.45) is 0 Å². The molecular formula is C16H18N4O. The molecule has 0 aliphatic rings. The van der Waals surface area contributed by atoms with E-state index < -0.39 is 0 Å². The highest BCUT2D eigenvalue weighted by Crippen LogP contribution is 2.25. The molecule has 0 amide bonds.